The number of aromatic nitrogens is 1. The second-order valence-electron chi connectivity index (χ2n) is 10.8. The lowest BCUT2D eigenvalue weighted by Crippen LogP contribution is -2.42. The van der Waals surface area contributed by atoms with Crippen LogP contribution < -0.4 is 10.9 Å². The van der Waals surface area contributed by atoms with Crippen LogP contribution in [0.2, 0.25) is 0 Å². The molecule has 3 heterocycles. The summed E-state index contributed by atoms with van der Waals surface area (Å²) in [4.78, 5) is 4.71. The van der Waals surface area contributed by atoms with Gasteiger partial charge in [-0.05, 0) is 76.7 Å². The summed E-state index contributed by atoms with van der Waals surface area (Å²) < 4.78 is 30.5. The number of fused-ring (bicyclic) bond motifs is 1. The molecule has 8 heteroatoms. The Morgan fingerprint density at radius 3 is 1.82 bits per heavy atom. The van der Waals surface area contributed by atoms with E-state index in [2.05, 4.69) is 6.92 Å². The van der Waals surface area contributed by atoms with Crippen LogP contribution >= 0.6 is 0 Å². The highest BCUT2D eigenvalue weighted by atomic mass is 16.7. The first-order valence-corrected chi connectivity index (χ1v) is 11.4. The molecule has 6 nitrogen and oxygen atoms in total. The van der Waals surface area contributed by atoms with E-state index < -0.39 is 36.6 Å². The zero-order chi connectivity index (χ0) is 23.8. The van der Waals surface area contributed by atoms with Crippen LogP contribution in [0.3, 0.4) is 0 Å². The van der Waals surface area contributed by atoms with E-state index in [1.807, 2.05) is 90.9 Å². The summed E-state index contributed by atoms with van der Waals surface area (Å²) in [6.07, 6.45) is 0. The minimum atomic E-state index is -0.620. The monoisotopic (exact) mass is 446 g/mol. The number of benzene rings is 2. The van der Waals surface area contributed by atoms with Crippen molar-refractivity contribution in [1.29, 1.82) is 0 Å². The van der Waals surface area contributed by atoms with Crippen molar-refractivity contribution in [2.24, 2.45) is 0 Å². The van der Waals surface area contributed by atoms with Crippen molar-refractivity contribution in [3.05, 3.63) is 49.4 Å². The number of rotatable bonds is 3. The summed E-state index contributed by atoms with van der Waals surface area (Å²) in [6.45, 7) is 18.3. The van der Waals surface area contributed by atoms with E-state index in [-0.39, 0.29) is 0 Å². The molecule has 2 aliphatic rings. The van der Waals surface area contributed by atoms with Crippen LogP contribution in [0.1, 0.15) is 48.5 Å². The molecule has 2 fully saturated rings. The molecule has 1 atom stereocenters. The molecular formula is C25H30B2NO5+. The molecule has 33 heavy (non-hydrogen) atoms. The van der Waals surface area contributed by atoms with Crippen LogP contribution in [0.15, 0.2) is 46.9 Å². The first kappa shape index (κ1) is 22.5. The lowest BCUT2D eigenvalue weighted by molar-refractivity contribution is 0.00578. The van der Waals surface area contributed by atoms with Gasteiger partial charge in [0.2, 0.25) is 11.5 Å². The molecule has 0 N–H and O–H groups in total. The third-order valence-corrected chi connectivity index (χ3v) is 7.41. The van der Waals surface area contributed by atoms with Gasteiger partial charge in [-0.15, -0.1) is 0 Å². The van der Waals surface area contributed by atoms with Crippen molar-refractivity contribution in [1.82, 2.24) is 4.98 Å². The number of hydrogen-bond donors (Lipinski definition) is 0. The Hall–Kier alpha value is -2.25. The number of oxazole rings is 1. The molecule has 0 aliphatic carbocycles. The van der Waals surface area contributed by atoms with Crippen molar-refractivity contribution in [3.8, 4) is 11.5 Å². The molecule has 0 spiro atoms. The fraction of sp³-hybridized carbons (Fsp3) is 0.440. The van der Waals surface area contributed by atoms with Gasteiger partial charge in [0.1, 0.15) is 11.1 Å². The maximum absolute atomic E-state index is 6.17. The average Bonchev–Trinajstić information content (AvgIpc) is 3.31. The van der Waals surface area contributed by atoms with E-state index in [9.17, 15) is 0 Å². The van der Waals surface area contributed by atoms with Gasteiger partial charge in [-0.1, -0.05) is 18.2 Å². The molecule has 0 saturated carbocycles. The zero-order valence-corrected chi connectivity index (χ0v) is 20.4. The highest BCUT2D eigenvalue weighted by Gasteiger charge is 2.57. The lowest BCUT2D eigenvalue weighted by atomic mass is 9.79. The Morgan fingerprint density at radius 1 is 0.697 bits per heavy atom. The Labute approximate surface area is 196 Å². The van der Waals surface area contributed by atoms with Gasteiger partial charge in [0.15, 0.2) is 5.58 Å². The maximum atomic E-state index is 6.17. The predicted octanol–water partition coefficient (Wildman–Crippen LogP) is 3.91. The normalized spacial score (nSPS) is 25.8. The van der Waals surface area contributed by atoms with E-state index in [4.69, 9.17) is 28.0 Å². The Morgan fingerprint density at radius 2 is 1.24 bits per heavy atom. The minimum Gasteiger partial charge on any atom is -0.436 e. The average molecular weight is 446 g/mol. The van der Waals surface area contributed by atoms with Gasteiger partial charge in [0.25, 0.3) is 0 Å². The molecule has 1 aromatic heterocycles. The molecular weight excluding hydrogens is 416 g/mol. The smallest absolute Gasteiger partial charge is 0.436 e. The van der Waals surface area contributed by atoms with Crippen molar-refractivity contribution in [3.63, 3.8) is 0 Å². The van der Waals surface area contributed by atoms with Crippen LogP contribution in [0.25, 0.3) is 22.6 Å². The fourth-order valence-corrected chi connectivity index (χ4v) is 3.91. The quantitative estimate of drug-likeness (QED) is 0.450. The summed E-state index contributed by atoms with van der Waals surface area (Å²) in [5.41, 5.74) is 2.32. The van der Waals surface area contributed by atoms with Crippen LogP contribution in [-0.4, -0.2) is 41.6 Å². The molecule has 2 saturated heterocycles. The molecule has 0 bridgehead atoms. The molecule has 3 aromatic rings. The van der Waals surface area contributed by atoms with Crippen molar-refractivity contribution < 1.29 is 23.0 Å². The highest BCUT2D eigenvalue weighted by Crippen LogP contribution is 2.37. The topological polar surface area (TPSA) is 63.0 Å². The van der Waals surface area contributed by atoms with E-state index in [1.165, 1.54) is 0 Å². The van der Waals surface area contributed by atoms with E-state index in [0.717, 1.165) is 22.0 Å². The highest BCUT2D eigenvalue weighted by molar-refractivity contribution is 6.62. The van der Waals surface area contributed by atoms with Crippen LogP contribution in [0.5, 0.6) is 0 Å². The predicted molar refractivity (Wildman–Crippen MR) is 131 cm³/mol. The second-order valence-corrected chi connectivity index (χ2v) is 10.8. The molecule has 0 amide bonds. The first-order chi connectivity index (χ1) is 15.3. The van der Waals surface area contributed by atoms with E-state index in [1.54, 1.807) is 0 Å². The lowest BCUT2D eigenvalue weighted by Gasteiger charge is -2.32. The zero-order valence-electron chi connectivity index (χ0n) is 20.4. The summed E-state index contributed by atoms with van der Waals surface area (Å²) in [7, 11) is -0.893. The summed E-state index contributed by atoms with van der Waals surface area (Å²) in [6, 6.07) is 13.7. The van der Waals surface area contributed by atoms with Crippen LogP contribution in [0, 0.1) is 6.92 Å². The Kier molecular flexibility index (Phi) is 4.87. The number of hydrogen-bond acceptors (Lipinski definition) is 6. The van der Waals surface area contributed by atoms with E-state index in [0.29, 0.717) is 11.5 Å². The standard InChI is InChI=1S/C25H30B2NO5/c1-22(2)23(3,4)31-26(30-22)17-11-9-16(10-12-17)21-28-19-15-18(13-14-20(19)29-21)27-32-24(5,6)25(7,8)33-27/h9-15H,1H2,2-8H3/q+1. The number of nitrogens with zero attached hydrogens (tertiary/aromatic N) is 1. The molecule has 170 valence electrons. The van der Waals surface area contributed by atoms with E-state index >= 15 is 0 Å². The SMILES string of the molecule is [CH2+]C1(C)OB(c2ccc(-c3nc4cc(B5OC(C)(C)C(C)(C)O5)ccc4o3)cc2)OC1(C)C. The maximum Gasteiger partial charge on any atom is 0.497 e. The van der Waals surface area contributed by atoms with Gasteiger partial charge in [-0.2, -0.15) is 0 Å². The van der Waals surface area contributed by atoms with Crippen LogP contribution in [0.4, 0.5) is 0 Å². The van der Waals surface area contributed by atoms with Gasteiger partial charge in [-0.25, -0.2) is 4.98 Å². The molecule has 5 rings (SSSR count). The molecule has 0 radical (unpaired) electrons. The van der Waals surface area contributed by atoms with Crippen molar-refractivity contribution >= 4 is 36.3 Å². The molecule has 2 aromatic carbocycles. The van der Waals surface area contributed by atoms with Gasteiger partial charge in [0.05, 0.1) is 18.1 Å². The molecule has 2 aliphatic heterocycles. The first-order valence-electron chi connectivity index (χ1n) is 11.4. The third kappa shape index (κ3) is 3.69. The third-order valence-electron chi connectivity index (χ3n) is 7.41. The van der Waals surface area contributed by atoms with Crippen LogP contribution in [-0.2, 0) is 18.6 Å². The largest absolute Gasteiger partial charge is 0.497 e. The summed E-state index contributed by atoms with van der Waals surface area (Å²) in [5.74, 6) is 0.554. The van der Waals surface area contributed by atoms with Gasteiger partial charge >= 0.3 is 14.2 Å². The Balaban J connectivity index is 1.38. The van der Waals surface area contributed by atoms with Crippen molar-refractivity contribution in [2.45, 2.75) is 70.9 Å². The van der Waals surface area contributed by atoms with Gasteiger partial charge < -0.3 is 23.0 Å². The molecule has 1 unspecified atom stereocenters. The minimum absolute atomic E-state index is 0.392. The fourth-order valence-electron chi connectivity index (χ4n) is 3.91. The van der Waals surface area contributed by atoms with Gasteiger partial charge in [-0.3, -0.25) is 0 Å². The summed E-state index contributed by atoms with van der Waals surface area (Å²) >= 11 is 0. The van der Waals surface area contributed by atoms with Gasteiger partial charge in [0, 0.05) is 12.5 Å². The summed E-state index contributed by atoms with van der Waals surface area (Å²) in [5, 5.41) is 0. The Bertz CT molecular complexity index is 1170. The second kappa shape index (κ2) is 7.12. The van der Waals surface area contributed by atoms with Crippen molar-refractivity contribution in [2.75, 3.05) is 0 Å².